The van der Waals surface area contributed by atoms with E-state index < -0.39 is 19.0 Å². The maximum absolute atomic E-state index is 12.8. The van der Waals surface area contributed by atoms with Gasteiger partial charge in [0.15, 0.2) is 0 Å². The Morgan fingerprint density at radius 2 is 2.04 bits per heavy atom. The maximum Gasteiger partial charge on any atom is 0.330 e. The normalized spacial score (nSPS) is 15.4. The molecule has 0 heterocycles. The summed E-state index contributed by atoms with van der Waals surface area (Å²) >= 11 is 0. The van der Waals surface area contributed by atoms with Crippen LogP contribution in [0.25, 0.3) is 0 Å². The minimum atomic E-state index is -4.18. The van der Waals surface area contributed by atoms with Gasteiger partial charge in [0.2, 0.25) is 0 Å². The van der Waals surface area contributed by atoms with Gasteiger partial charge in [-0.3, -0.25) is 0 Å². The van der Waals surface area contributed by atoms with Crippen LogP contribution >= 0.6 is 0 Å². The van der Waals surface area contributed by atoms with E-state index >= 15 is 0 Å². The van der Waals surface area contributed by atoms with E-state index in [2.05, 4.69) is 27.3 Å². The van der Waals surface area contributed by atoms with Crippen molar-refractivity contribution in [3.05, 3.63) is 29.8 Å². The number of halogens is 4. The Morgan fingerprint density at radius 3 is 2.71 bits per heavy atom. The van der Waals surface area contributed by atoms with Crippen molar-refractivity contribution in [1.82, 2.24) is 10.2 Å². The quantitative estimate of drug-likeness (QED) is 0.577. The summed E-state index contributed by atoms with van der Waals surface area (Å²) in [7, 11) is 2.05. The lowest BCUT2D eigenvalue weighted by atomic mass is 10.2. The molecule has 1 aliphatic carbocycles. The second-order valence-corrected chi connectivity index (χ2v) is 7.05. The Balaban J connectivity index is 1.71. The molecule has 0 unspecified atom stereocenters. The number of urea groups is 1. The van der Waals surface area contributed by atoms with Gasteiger partial charge in [-0.15, -0.1) is 0 Å². The highest BCUT2D eigenvalue weighted by Crippen LogP contribution is 2.24. The molecule has 2 N–H and O–H groups in total. The molecular weight excluding hydrogens is 378 g/mol. The van der Waals surface area contributed by atoms with Crippen molar-refractivity contribution in [2.75, 3.05) is 32.1 Å². The molecule has 5 nitrogen and oxygen atoms in total. The zero-order chi connectivity index (χ0) is 20.6. The molecular formula is C19H27F4N3O2. The number of rotatable bonds is 10. The van der Waals surface area contributed by atoms with Gasteiger partial charge in [-0.1, -0.05) is 25.0 Å². The largest absolute Gasteiger partial charge is 0.370 e. The van der Waals surface area contributed by atoms with Crippen LogP contribution in [0, 0.1) is 0 Å². The van der Waals surface area contributed by atoms with Crippen LogP contribution in [0.5, 0.6) is 0 Å². The highest BCUT2D eigenvalue weighted by Gasteiger charge is 2.40. The Kier molecular flexibility index (Phi) is 8.50. The fourth-order valence-corrected chi connectivity index (χ4v) is 3.16. The zero-order valence-corrected chi connectivity index (χ0v) is 15.9. The number of nitrogens with one attached hydrogen (secondary N) is 2. The number of carbonyl (C=O) groups excluding carboxylic acids is 1. The molecule has 1 saturated carbocycles. The van der Waals surface area contributed by atoms with Crippen molar-refractivity contribution in [3.63, 3.8) is 0 Å². The van der Waals surface area contributed by atoms with Crippen molar-refractivity contribution in [3.8, 4) is 0 Å². The van der Waals surface area contributed by atoms with E-state index in [1.165, 1.54) is 25.7 Å². The first-order chi connectivity index (χ1) is 13.3. The van der Waals surface area contributed by atoms with Crippen LogP contribution in [0.3, 0.4) is 0 Å². The molecule has 2 amide bonds. The Labute approximate surface area is 162 Å². The summed E-state index contributed by atoms with van der Waals surface area (Å²) in [5, 5.41) is 5.43. The lowest BCUT2D eigenvalue weighted by Gasteiger charge is -2.23. The van der Waals surface area contributed by atoms with E-state index in [0.717, 1.165) is 6.54 Å². The fourth-order valence-electron chi connectivity index (χ4n) is 3.16. The van der Waals surface area contributed by atoms with E-state index in [-0.39, 0.29) is 12.6 Å². The van der Waals surface area contributed by atoms with Crippen molar-refractivity contribution in [2.24, 2.45) is 0 Å². The van der Waals surface area contributed by atoms with E-state index in [4.69, 9.17) is 0 Å². The summed E-state index contributed by atoms with van der Waals surface area (Å²) < 4.78 is 54.5. The SMILES string of the molecule is CN(CCNC(=O)Nc1cccc(COCC(F)(F)C(F)F)c1)C1CCCC1. The highest BCUT2D eigenvalue weighted by molar-refractivity contribution is 5.89. The third kappa shape index (κ3) is 7.27. The maximum atomic E-state index is 12.8. The highest BCUT2D eigenvalue weighted by atomic mass is 19.3. The van der Waals surface area contributed by atoms with Crippen molar-refractivity contribution in [2.45, 2.75) is 50.7 Å². The molecule has 1 aromatic rings. The van der Waals surface area contributed by atoms with E-state index in [1.807, 2.05) is 0 Å². The van der Waals surface area contributed by atoms with Gasteiger partial charge >= 0.3 is 18.4 Å². The van der Waals surface area contributed by atoms with Gasteiger partial charge in [0, 0.05) is 24.8 Å². The molecule has 0 radical (unpaired) electrons. The number of anilines is 1. The number of amides is 2. The second-order valence-electron chi connectivity index (χ2n) is 7.05. The van der Waals surface area contributed by atoms with Crippen LogP contribution < -0.4 is 10.6 Å². The Hall–Kier alpha value is -1.87. The molecule has 28 heavy (non-hydrogen) atoms. The minimum Gasteiger partial charge on any atom is -0.370 e. The predicted octanol–water partition coefficient (Wildman–Crippen LogP) is 4.10. The number of ether oxygens (including phenoxy) is 1. The smallest absolute Gasteiger partial charge is 0.330 e. The van der Waals surface area contributed by atoms with Crippen molar-refractivity contribution in [1.29, 1.82) is 0 Å². The van der Waals surface area contributed by atoms with Crippen LogP contribution in [-0.2, 0) is 11.3 Å². The zero-order valence-electron chi connectivity index (χ0n) is 15.9. The molecule has 0 aliphatic heterocycles. The lowest BCUT2D eigenvalue weighted by molar-refractivity contribution is -0.168. The summed E-state index contributed by atoms with van der Waals surface area (Å²) in [6.07, 6.45) is 1.13. The summed E-state index contributed by atoms with van der Waals surface area (Å²) in [6.45, 7) is -0.363. The number of hydrogen-bond acceptors (Lipinski definition) is 3. The van der Waals surface area contributed by atoms with Gasteiger partial charge in [-0.25, -0.2) is 13.6 Å². The predicted molar refractivity (Wildman–Crippen MR) is 99.0 cm³/mol. The molecule has 0 spiro atoms. The summed E-state index contributed by atoms with van der Waals surface area (Å²) in [6, 6.07) is 6.61. The first-order valence-electron chi connectivity index (χ1n) is 9.35. The van der Waals surface area contributed by atoms with Gasteiger partial charge in [0.1, 0.15) is 6.61 Å². The number of nitrogens with zero attached hydrogens (tertiary/aromatic N) is 1. The molecule has 9 heteroatoms. The Bertz CT molecular complexity index is 625. The van der Waals surface area contributed by atoms with Crippen molar-refractivity contribution >= 4 is 11.7 Å². The number of likely N-dealkylation sites (N-methyl/N-ethyl adjacent to an activating group) is 1. The molecule has 0 bridgehead atoms. The Morgan fingerprint density at radius 1 is 1.32 bits per heavy atom. The second kappa shape index (κ2) is 10.6. The van der Waals surface area contributed by atoms with Crippen LogP contribution in [0.15, 0.2) is 24.3 Å². The average molecular weight is 405 g/mol. The van der Waals surface area contributed by atoms with Crippen LogP contribution in [0.4, 0.5) is 28.0 Å². The summed E-state index contributed by atoms with van der Waals surface area (Å²) in [5.41, 5.74) is 0.951. The van der Waals surface area contributed by atoms with Crippen molar-refractivity contribution < 1.29 is 27.1 Å². The van der Waals surface area contributed by atoms with Gasteiger partial charge in [-0.2, -0.15) is 8.78 Å². The summed E-state index contributed by atoms with van der Waals surface area (Å²) in [4.78, 5) is 14.2. The third-order valence-corrected chi connectivity index (χ3v) is 4.77. The van der Waals surface area contributed by atoms with Gasteiger partial charge < -0.3 is 20.3 Å². The molecule has 0 saturated heterocycles. The van der Waals surface area contributed by atoms with Crippen LogP contribution in [0.2, 0.25) is 0 Å². The topological polar surface area (TPSA) is 53.6 Å². The summed E-state index contributed by atoms with van der Waals surface area (Å²) in [5.74, 6) is -4.18. The minimum absolute atomic E-state index is 0.258. The first-order valence-corrected chi connectivity index (χ1v) is 9.35. The van der Waals surface area contributed by atoms with Gasteiger partial charge in [0.05, 0.1) is 6.61 Å². The first kappa shape index (κ1) is 22.4. The standard InChI is InChI=1S/C19H27F4N3O2/c1-26(16-7-2-3-8-16)10-9-24-18(27)25-15-6-4-5-14(11-15)12-28-13-19(22,23)17(20)21/h4-6,11,16-17H,2-3,7-10,12-13H2,1H3,(H2,24,25,27). The monoisotopic (exact) mass is 405 g/mol. The van der Waals surface area contributed by atoms with E-state index in [1.54, 1.807) is 24.3 Å². The molecule has 0 atom stereocenters. The van der Waals surface area contributed by atoms with Crippen LogP contribution in [-0.4, -0.2) is 56.1 Å². The molecule has 1 aliphatic rings. The van der Waals surface area contributed by atoms with Gasteiger partial charge in [-0.05, 0) is 37.6 Å². The number of carbonyl (C=O) groups is 1. The molecule has 1 aromatic carbocycles. The average Bonchev–Trinajstić information content (AvgIpc) is 3.16. The van der Waals surface area contributed by atoms with Gasteiger partial charge in [0.25, 0.3) is 0 Å². The number of alkyl halides is 4. The fraction of sp³-hybridized carbons (Fsp3) is 0.632. The van der Waals surface area contributed by atoms with E-state index in [9.17, 15) is 22.4 Å². The van der Waals surface area contributed by atoms with E-state index in [0.29, 0.717) is 23.8 Å². The number of benzene rings is 1. The molecule has 0 aromatic heterocycles. The van der Waals surface area contributed by atoms with Crippen LogP contribution in [0.1, 0.15) is 31.2 Å². The number of hydrogen-bond donors (Lipinski definition) is 2. The molecule has 1 fully saturated rings. The molecule has 2 rings (SSSR count). The molecule has 158 valence electrons. The lowest BCUT2D eigenvalue weighted by Crippen LogP contribution is -2.38. The third-order valence-electron chi connectivity index (χ3n) is 4.77.